The molecular formula is C16H30N2O3. The molecule has 0 aromatic carbocycles. The molecule has 1 rings (SSSR count). The topological polar surface area (TPSA) is 69.6 Å². The molecule has 1 heterocycles. The van der Waals surface area contributed by atoms with E-state index in [0.29, 0.717) is 18.3 Å². The van der Waals surface area contributed by atoms with Crippen LogP contribution in [0.5, 0.6) is 0 Å². The Morgan fingerprint density at radius 1 is 1.29 bits per heavy atom. The number of carboxylic acids is 1. The first-order valence-corrected chi connectivity index (χ1v) is 8.18. The molecule has 1 aliphatic rings. The van der Waals surface area contributed by atoms with Crippen molar-refractivity contribution in [1.82, 2.24) is 10.2 Å². The number of hydrogen-bond donors (Lipinski definition) is 2. The Bertz CT molecular complexity index is 355. The molecule has 5 nitrogen and oxygen atoms in total. The van der Waals surface area contributed by atoms with Crippen LogP contribution in [-0.4, -0.2) is 40.6 Å². The summed E-state index contributed by atoms with van der Waals surface area (Å²) in [7, 11) is 0. The van der Waals surface area contributed by atoms with Crippen LogP contribution in [0.3, 0.4) is 0 Å². The summed E-state index contributed by atoms with van der Waals surface area (Å²) in [6.45, 7) is 8.65. The van der Waals surface area contributed by atoms with Gasteiger partial charge in [0.05, 0.1) is 6.17 Å². The lowest BCUT2D eigenvalue weighted by Gasteiger charge is -2.33. The van der Waals surface area contributed by atoms with E-state index in [1.165, 1.54) is 6.92 Å². The predicted molar refractivity (Wildman–Crippen MR) is 82.8 cm³/mol. The largest absolute Gasteiger partial charge is 0.480 e. The van der Waals surface area contributed by atoms with Gasteiger partial charge in [0, 0.05) is 13.5 Å². The number of hydrogen-bond acceptors (Lipinski definition) is 3. The summed E-state index contributed by atoms with van der Waals surface area (Å²) < 4.78 is 0. The number of nitrogens with one attached hydrogen (secondary N) is 1. The summed E-state index contributed by atoms with van der Waals surface area (Å²) in [5.41, 5.74) is 0. The minimum Gasteiger partial charge on any atom is -0.480 e. The third kappa shape index (κ3) is 4.99. The number of aliphatic carboxylic acids is 1. The lowest BCUT2D eigenvalue weighted by molar-refractivity contribution is -0.144. The maximum absolute atomic E-state index is 11.5. The smallest absolute Gasteiger partial charge is 0.320 e. The van der Waals surface area contributed by atoms with Crippen LogP contribution in [0.25, 0.3) is 0 Å². The number of carbonyl (C=O) groups is 2. The van der Waals surface area contributed by atoms with Crippen molar-refractivity contribution in [2.45, 2.75) is 72.0 Å². The molecule has 0 spiro atoms. The third-order valence-electron chi connectivity index (χ3n) is 4.77. The van der Waals surface area contributed by atoms with Gasteiger partial charge in [0.1, 0.15) is 6.04 Å². The molecule has 5 heteroatoms. The number of likely N-dealkylation sites (tertiary alicyclic amines) is 1. The molecule has 0 bridgehead atoms. The van der Waals surface area contributed by atoms with E-state index >= 15 is 0 Å². The maximum atomic E-state index is 11.5. The molecular weight excluding hydrogens is 268 g/mol. The van der Waals surface area contributed by atoms with Gasteiger partial charge in [0.25, 0.3) is 0 Å². The van der Waals surface area contributed by atoms with Gasteiger partial charge in [-0.1, -0.05) is 40.0 Å². The van der Waals surface area contributed by atoms with Crippen LogP contribution >= 0.6 is 0 Å². The Morgan fingerprint density at radius 3 is 2.33 bits per heavy atom. The first kappa shape index (κ1) is 18.0. The van der Waals surface area contributed by atoms with Crippen LogP contribution in [-0.2, 0) is 9.59 Å². The monoisotopic (exact) mass is 298 g/mol. The van der Waals surface area contributed by atoms with Crippen molar-refractivity contribution in [3.05, 3.63) is 0 Å². The number of carbonyl (C=O) groups excluding carboxylic acids is 1. The van der Waals surface area contributed by atoms with Crippen molar-refractivity contribution in [3.63, 3.8) is 0 Å². The molecule has 0 radical (unpaired) electrons. The zero-order chi connectivity index (χ0) is 16.0. The van der Waals surface area contributed by atoms with E-state index in [2.05, 4.69) is 26.1 Å². The first-order chi connectivity index (χ1) is 9.92. The van der Waals surface area contributed by atoms with Gasteiger partial charge in [-0.3, -0.25) is 14.5 Å². The van der Waals surface area contributed by atoms with Crippen molar-refractivity contribution in [2.75, 3.05) is 6.54 Å². The van der Waals surface area contributed by atoms with Crippen molar-refractivity contribution >= 4 is 11.9 Å². The predicted octanol–water partition coefficient (Wildman–Crippen LogP) is 2.46. The lowest BCUT2D eigenvalue weighted by Crippen LogP contribution is -2.52. The SMILES string of the molecule is CCC(CC)CC(NC(C)=O)N1C[C@@H](CC)C[C@H]1C(=O)O. The number of carboxylic acid groups (broad SMARTS) is 1. The summed E-state index contributed by atoms with van der Waals surface area (Å²) in [6.07, 6.45) is 4.44. The Hall–Kier alpha value is -1.10. The van der Waals surface area contributed by atoms with Crippen molar-refractivity contribution in [1.29, 1.82) is 0 Å². The van der Waals surface area contributed by atoms with Gasteiger partial charge in [-0.25, -0.2) is 0 Å². The molecule has 0 aromatic rings. The van der Waals surface area contributed by atoms with E-state index in [1.54, 1.807) is 0 Å². The van der Waals surface area contributed by atoms with Crippen LogP contribution in [0.1, 0.15) is 59.8 Å². The molecule has 21 heavy (non-hydrogen) atoms. The fourth-order valence-corrected chi connectivity index (χ4v) is 3.28. The van der Waals surface area contributed by atoms with E-state index in [-0.39, 0.29) is 12.1 Å². The molecule has 1 amide bonds. The minimum absolute atomic E-state index is 0.0879. The van der Waals surface area contributed by atoms with Gasteiger partial charge in [0.2, 0.25) is 5.91 Å². The second-order valence-corrected chi connectivity index (χ2v) is 6.20. The Labute approximate surface area is 128 Å². The number of nitrogens with zero attached hydrogens (tertiary/aromatic N) is 1. The summed E-state index contributed by atoms with van der Waals surface area (Å²) in [4.78, 5) is 25.0. The molecule has 3 atom stereocenters. The van der Waals surface area contributed by atoms with E-state index < -0.39 is 12.0 Å². The zero-order valence-electron chi connectivity index (χ0n) is 13.8. The van der Waals surface area contributed by atoms with E-state index in [1.807, 2.05) is 4.90 Å². The van der Waals surface area contributed by atoms with Crippen LogP contribution in [0, 0.1) is 11.8 Å². The minimum atomic E-state index is -0.772. The summed E-state index contributed by atoms with van der Waals surface area (Å²) in [6, 6.07) is -0.471. The summed E-state index contributed by atoms with van der Waals surface area (Å²) >= 11 is 0. The lowest BCUT2D eigenvalue weighted by atomic mass is 9.97. The molecule has 0 saturated carbocycles. The Balaban J connectivity index is 2.88. The Morgan fingerprint density at radius 2 is 1.90 bits per heavy atom. The second-order valence-electron chi connectivity index (χ2n) is 6.20. The molecule has 122 valence electrons. The highest BCUT2D eigenvalue weighted by atomic mass is 16.4. The van der Waals surface area contributed by atoms with Crippen LogP contribution in [0.4, 0.5) is 0 Å². The molecule has 1 unspecified atom stereocenters. The van der Waals surface area contributed by atoms with E-state index in [4.69, 9.17) is 0 Å². The van der Waals surface area contributed by atoms with Crippen molar-refractivity contribution in [2.24, 2.45) is 11.8 Å². The molecule has 2 N–H and O–H groups in total. The molecule has 1 fully saturated rings. The molecule has 0 aromatic heterocycles. The quantitative estimate of drug-likeness (QED) is 0.722. The Kier molecular flexibility index (Phi) is 7.15. The highest BCUT2D eigenvalue weighted by Crippen LogP contribution is 2.30. The van der Waals surface area contributed by atoms with Gasteiger partial charge in [-0.05, 0) is 24.7 Å². The van der Waals surface area contributed by atoms with Gasteiger partial charge >= 0.3 is 5.97 Å². The maximum Gasteiger partial charge on any atom is 0.320 e. The first-order valence-electron chi connectivity index (χ1n) is 8.18. The van der Waals surface area contributed by atoms with Gasteiger partial charge in [-0.15, -0.1) is 0 Å². The normalized spacial score (nSPS) is 24.2. The fourth-order valence-electron chi connectivity index (χ4n) is 3.28. The van der Waals surface area contributed by atoms with Gasteiger partial charge in [-0.2, -0.15) is 0 Å². The molecule has 0 aliphatic carbocycles. The van der Waals surface area contributed by atoms with E-state index in [0.717, 1.165) is 32.2 Å². The van der Waals surface area contributed by atoms with Crippen LogP contribution in [0.2, 0.25) is 0 Å². The third-order valence-corrected chi connectivity index (χ3v) is 4.77. The van der Waals surface area contributed by atoms with Crippen LogP contribution < -0.4 is 5.32 Å². The summed E-state index contributed by atoms with van der Waals surface area (Å²) in [5, 5.41) is 12.4. The second kappa shape index (κ2) is 8.37. The van der Waals surface area contributed by atoms with Gasteiger partial charge in [0.15, 0.2) is 0 Å². The highest BCUT2D eigenvalue weighted by molar-refractivity contribution is 5.75. The average Bonchev–Trinajstić information content (AvgIpc) is 2.87. The van der Waals surface area contributed by atoms with E-state index in [9.17, 15) is 14.7 Å². The number of amides is 1. The van der Waals surface area contributed by atoms with Crippen molar-refractivity contribution in [3.8, 4) is 0 Å². The standard InChI is InChI=1S/C16H30N2O3/c1-5-12(6-2)9-15(17-11(4)19)18-10-13(7-3)8-14(18)16(20)21/h12-15H,5-10H2,1-4H3,(H,17,19)(H,20,21)/t13-,14-,15?/m0/s1. The molecule has 1 saturated heterocycles. The average molecular weight is 298 g/mol. The van der Waals surface area contributed by atoms with Crippen molar-refractivity contribution < 1.29 is 14.7 Å². The fraction of sp³-hybridized carbons (Fsp3) is 0.875. The molecule has 1 aliphatic heterocycles. The van der Waals surface area contributed by atoms with Crippen LogP contribution in [0.15, 0.2) is 0 Å². The number of rotatable bonds is 8. The van der Waals surface area contributed by atoms with Gasteiger partial charge < -0.3 is 10.4 Å². The summed E-state index contributed by atoms with van der Waals surface area (Å²) in [5.74, 6) is 0.0573. The zero-order valence-corrected chi connectivity index (χ0v) is 13.8. The highest BCUT2D eigenvalue weighted by Gasteiger charge is 2.40.